The summed E-state index contributed by atoms with van der Waals surface area (Å²) in [6.45, 7) is 1.95. The zero-order chi connectivity index (χ0) is 29.0. The molecule has 42 heavy (non-hydrogen) atoms. The number of aromatic hydroxyl groups is 1. The molecule has 4 heterocycles. The fraction of sp³-hybridized carbons (Fsp3) is 0.179. The van der Waals surface area contributed by atoms with Gasteiger partial charge in [0, 0.05) is 19.0 Å². The number of nitrogens with zero attached hydrogens (tertiary/aromatic N) is 5. The van der Waals surface area contributed by atoms with Crippen LogP contribution in [0.15, 0.2) is 62.4 Å². The van der Waals surface area contributed by atoms with Gasteiger partial charge >= 0.3 is 5.76 Å². The van der Waals surface area contributed by atoms with E-state index in [0.29, 0.717) is 41.2 Å². The van der Waals surface area contributed by atoms with Crippen LogP contribution >= 0.6 is 0 Å². The average molecular weight is 567 g/mol. The van der Waals surface area contributed by atoms with Crippen molar-refractivity contribution in [3.05, 3.63) is 93.2 Å². The van der Waals surface area contributed by atoms with Gasteiger partial charge < -0.3 is 20.2 Å². The van der Waals surface area contributed by atoms with Gasteiger partial charge in [-0.15, -0.1) is 0 Å². The van der Waals surface area contributed by atoms with Crippen LogP contribution in [-0.2, 0) is 13.0 Å². The van der Waals surface area contributed by atoms with E-state index in [2.05, 4.69) is 40.2 Å². The molecule has 0 radical (unpaired) electrons. The first-order chi connectivity index (χ1) is 20.3. The van der Waals surface area contributed by atoms with Crippen molar-refractivity contribution in [2.24, 2.45) is 0 Å². The molecule has 0 fully saturated rings. The fourth-order valence-electron chi connectivity index (χ4n) is 5.22. The van der Waals surface area contributed by atoms with Crippen LogP contribution in [0.5, 0.6) is 5.88 Å². The van der Waals surface area contributed by atoms with Crippen molar-refractivity contribution in [2.75, 3.05) is 0 Å². The standard InChI is InChI=1S/C28H22N8O6/c1-13-30-19-8-14(2-7-22(19)41-13)11-29-26(39)21-10-20(32-27-33-23(37)12-36(21)27)25(38)31-18-6-4-15-9-16(3-5-17(15)18)24-34-28(40)42-35-24/h2-3,5,7-10,12,18,37H,4,6,11H2,1H3,(H,29,39)(H,31,38)(H,34,35,40)/t18-/m0/s1. The maximum absolute atomic E-state index is 13.3. The molecule has 4 aromatic heterocycles. The van der Waals surface area contributed by atoms with Gasteiger partial charge in [-0.1, -0.05) is 23.4 Å². The van der Waals surface area contributed by atoms with E-state index in [9.17, 15) is 19.5 Å². The highest BCUT2D eigenvalue weighted by Gasteiger charge is 2.27. The molecule has 0 bridgehead atoms. The molecule has 2 aromatic carbocycles. The number of hydrogen-bond acceptors (Lipinski definition) is 10. The molecular formula is C28H22N8O6. The minimum Gasteiger partial charge on any atom is -0.492 e. The van der Waals surface area contributed by atoms with Gasteiger partial charge in [0.25, 0.3) is 11.8 Å². The maximum Gasteiger partial charge on any atom is 0.439 e. The van der Waals surface area contributed by atoms with Crippen LogP contribution in [0.25, 0.3) is 28.3 Å². The number of aromatic nitrogens is 6. The third-order valence-electron chi connectivity index (χ3n) is 7.15. The summed E-state index contributed by atoms with van der Waals surface area (Å²) in [5.41, 5.74) is 4.82. The SMILES string of the molecule is Cc1nc2cc(CNC(=O)c3cc(C(=O)N[C@H]4CCc5cc(-c6noc(=O)[nH]6)ccc54)nc4nc(O)cn34)ccc2o1. The molecular weight excluding hydrogens is 544 g/mol. The molecule has 7 rings (SSSR count). The van der Waals surface area contributed by atoms with Crippen LogP contribution in [0.3, 0.4) is 0 Å². The Labute approximate surface area is 235 Å². The zero-order valence-corrected chi connectivity index (χ0v) is 22.0. The molecule has 14 heteroatoms. The van der Waals surface area contributed by atoms with E-state index in [1.807, 2.05) is 24.3 Å². The molecule has 4 N–H and O–H groups in total. The monoisotopic (exact) mass is 566 g/mol. The normalized spacial score (nSPS) is 14.4. The Morgan fingerprint density at radius 3 is 2.83 bits per heavy atom. The van der Waals surface area contributed by atoms with E-state index in [-0.39, 0.29) is 35.6 Å². The highest BCUT2D eigenvalue weighted by atomic mass is 16.5. The summed E-state index contributed by atoms with van der Waals surface area (Å²) >= 11 is 0. The lowest BCUT2D eigenvalue weighted by molar-refractivity contribution is 0.0931. The molecule has 210 valence electrons. The number of rotatable bonds is 6. The molecule has 14 nitrogen and oxygen atoms in total. The zero-order valence-electron chi connectivity index (χ0n) is 22.0. The first kappa shape index (κ1) is 25.2. The van der Waals surface area contributed by atoms with Crippen molar-refractivity contribution in [3.8, 4) is 17.3 Å². The summed E-state index contributed by atoms with van der Waals surface area (Å²) in [5.74, 6) is -1.08. The van der Waals surface area contributed by atoms with Crippen molar-refractivity contribution in [3.63, 3.8) is 0 Å². The van der Waals surface area contributed by atoms with Crippen LogP contribution < -0.4 is 16.4 Å². The second-order valence-electron chi connectivity index (χ2n) is 9.94. The van der Waals surface area contributed by atoms with Crippen molar-refractivity contribution in [1.29, 1.82) is 0 Å². The predicted octanol–water partition coefficient (Wildman–Crippen LogP) is 2.58. The van der Waals surface area contributed by atoms with Gasteiger partial charge in [0.15, 0.2) is 17.3 Å². The lowest BCUT2D eigenvalue weighted by atomic mass is 10.0. The van der Waals surface area contributed by atoms with Gasteiger partial charge in [-0.2, -0.15) is 4.98 Å². The van der Waals surface area contributed by atoms with Crippen molar-refractivity contribution >= 4 is 28.7 Å². The number of aromatic amines is 1. The summed E-state index contributed by atoms with van der Waals surface area (Å²) in [7, 11) is 0. The Hall–Kier alpha value is -5.79. The summed E-state index contributed by atoms with van der Waals surface area (Å²) in [6, 6.07) is 12.1. The van der Waals surface area contributed by atoms with Gasteiger partial charge in [0.1, 0.15) is 16.9 Å². The number of carbonyl (C=O) groups excluding carboxylic acids is 2. The fourth-order valence-corrected chi connectivity index (χ4v) is 5.22. The van der Waals surface area contributed by atoms with Crippen molar-refractivity contribution < 1.29 is 23.6 Å². The molecule has 0 saturated heterocycles. The topological polar surface area (TPSA) is 194 Å². The maximum atomic E-state index is 13.3. The van der Waals surface area contributed by atoms with Crippen LogP contribution in [0, 0.1) is 6.92 Å². The molecule has 1 atom stereocenters. The smallest absolute Gasteiger partial charge is 0.439 e. The second-order valence-corrected chi connectivity index (χ2v) is 9.94. The number of H-pyrrole nitrogens is 1. The molecule has 0 unspecified atom stereocenters. The Morgan fingerprint density at radius 1 is 1.12 bits per heavy atom. The number of aryl methyl sites for hydroxylation is 2. The van der Waals surface area contributed by atoms with Crippen molar-refractivity contribution in [1.82, 2.24) is 40.1 Å². The molecule has 1 aliphatic rings. The number of oxazole rings is 1. The van der Waals surface area contributed by atoms with E-state index in [1.165, 1.54) is 16.7 Å². The quantitative estimate of drug-likeness (QED) is 0.233. The summed E-state index contributed by atoms with van der Waals surface area (Å²) in [6.07, 6.45) is 2.61. The lowest BCUT2D eigenvalue weighted by Gasteiger charge is -2.15. The molecule has 6 aromatic rings. The number of benzene rings is 2. The highest BCUT2D eigenvalue weighted by Crippen LogP contribution is 2.33. The number of nitrogens with one attached hydrogen (secondary N) is 3. The van der Waals surface area contributed by atoms with Crippen LogP contribution in [0.2, 0.25) is 0 Å². The van der Waals surface area contributed by atoms with Gasteiger partial charge in [0.05, 0.1) is 12.2 Å². The van der Waals surface area contributed by atoms with Gasteiger partial charge in [-0.3, -0.25) is 23.5 Å². The number of imidazole rings is 1. The third-order valence-corrected chi connectivity index (χ3v) is 7.15. The van der Waals surface area contributed by atoms with E-state index in [0.717, 1.165) is 16.7 Å². The largest absolute Gasteiger partial charge is 0.492 e. The van der Waals surface area contributed by atoms with Crippen LogP contribution in [0.4, 0.5) is 0 Å². The minimum atomic E-state index is -0.637. The van der Waals surface area contributed by atoms with Gasteiger partial charge in [0.2, 0.25) is 11.7 Å². The summed E-state index contributed by atoms with van der Waals surface area (Å²) in [5, 5.41) is 19.6. The average Bonchev–Trinajstić information content (AvgIpc) is 3.75. The Morgan fingerprint density at radius 2 is 2.00 bits per heavy atom. The number of fused-ring (bicyclic) bond motifs is 3. The van der Waals surface area contributed by atoms with Gasteiger partial charge in [-0.05, 0) is 53.8 Å². The summed E-state index contributed by atoms with van der Waals surface area (Å²) < 4.78 is 11.4. The molecule has 0 aliphatic heterocycles. The molecule has 1 aliphatic carbocycles. The van der Waals surface area contributed by atoms with Crippen molar-refractivity contribution in [2.45, 2.75) is 32.4 Å². The third kappa shape index (κ3) is 4.54. The molecule has 0 spiro atoms. The number of amides is 2. The van der Waals surface area contributed by atoms with Crippen LogP contribution in [-0.4, -0.2) is 46.4 Å². The minimum absolute atomic E-state index is 0.00265. The Balaban J connectivity index is 1.11. The van der Waals surface area contributed by atoms with E-state index in [1.54, 1.807) is 19.1 Å². The highest BCUT2D eigenvalue weighted by molar-refractivity contribution is 5.98. The predicted molar refractivity (Wildman–Crippen MR) is 146 cm³/mol. The van der Waals surface area contributed by atoms with E-state index in [4.69, 9.17) is 4.42 Å². The first-order valence-electron chi connectivity index (χ1n) is 13.0. The van der Waals surface area contributed by atoms with Gasteiger partial charge in [-0.25, -0.2) is 14.8 Å². The van der Waals surface area contributed by atoms with Crippen LogP contribution in [0.1, 0.15) is 56.0 Å². The lowest BCUT2D eigenvalue weighted by Crippen LogP contribution is -2.30. The Kier molecular flexibility index (Phi) is 5.81. The second kappa shape index (κ2) is 9.69. The number of carbonyl (C=O) groups is 2. The summed E-state index contributed by atoms with van der Waals surface area (Å²) in [4.78, 5) is 53.0. The first-order valence-corrected chi connectivity index (χ1v) is 13.0. The molecule has 0 saturated carbocycles. The molecule has 2 amide bonds. The van der Waals surface area contributed by atoms with E-state index >= 15 is 0 Å². The van der Waals surface area contributed by atoms with E-state index < -0.39 is 17.6 Å². The number of hydrogen-bond donors (Lipinski definition) is 4. The Bertz CT molecular complexity index is 2090.